The number of rotatable bonds is 6. The van der Waals surface area contributed by atoms with Gasteiger partial charge in [0.1, 0.15) is 5.76 Å². The quantitative estimate of drug-likeness (QED) is 0.631. The molecular weight excluding hydrogens is 248 g/mol. The number of anilines is 1. The number of aromatic nitrogens is 1. The lowest BCUT2D eigenvalue weighted by Gasteiger charge is -2.05. The maximum Gasteiger partial charge on any atom is 0.277 e. The van der Waals surface area contributed by atoms with E-state index >= 15 is 0 Å². The van der Waals surface area contributed by atoms with Crippen LogP contribution in [0.1, 0.15) is 12.7 Å². The van der Waals surface area contributed by atoms with E-state index in [2.05, 4.69) is 19.9 Å². The SMILES string of the molecule is CCNS(=O)(=O)NCC(=O)Nc1cc(C)on1. The van der Waals surface area contributed by atoms with Crippen molar-refractivity contribution in [3.8, 4) is 0 Å². The van der Waals surface area contributed by atoms with Crippen LogP contribution in [0, 0.1) is 6.92 Å². The fourth-order valence-corrected chi connectivity index (χ4v) is 1.82. The molecule has 0 atom stereocenters. The van der Waals surface area contributed by atoms with Crippen LogP contribution in [0.15, 0.2) is 10.6 Å². The number of carbonyl (C=O) groups excluding carboxylic acids is 1. The van der Waals surface area contributed by atoms with Crippen molar-refractivity contribution in [2.24, 2.45) is 0 Å². The molecule has 0 aliphatic heterocycles. The summed E-state index contributed by atoms with van der Waals surface area (Å²) in [6, 6.07) is 1.52. The lowest BCUT2D eigenvalue weighted by Crippen LogP contribution is -2.40. The zero-order chi connectivity index (χ0) is 12.9. The van der Waals surface area contributed by atoms with E-state index in [0.717, 1.165) is 0 Å². The molecule has 96 valence electrons. The summed E-state index contributed by atoms with van der Waals surface area (Å²) < 4.78 is 31.3. The topological polar surface area (TPSA) is 113 Å². The first-order valence-corrected chi connectivity index (χ1v) is 6.38. The van der Waals surface area contributed by atoms with E-state index < -0.39 is 16.1 Å². The van der Waals surface area contributed by atoms with E-state index in [0.29, 0.717) is 5.76 Å². The lowest BCUT2D eigenvalue weighted by molar-refractivity contribution is -0.115. The Morgan fingerprint density at radius 2 is 2.18 bits per heavy atom. The molecule has 0 bridgehead atoms. The van der Waals surface area contributed by atoms with Crippen molar-refractivity contribution in [2.75, 3.05) is 18.4 Å². The summed E-state index contributed by atoms with van der Waals surface area (Å²) in [5.74, 6) is 0.267. The highest BCUT2D eigenvalue weighted by Crippen LogP contribution is 2.06. The van der Waals surface area contributed by atoms with Gasteiger partial charge in [-0.1, -0.05) is 12.1 Å². The van der Waals surface area contributed by atoms with Crippen LogP contribution in [0.3, 0.4) is 0 Å². The molecule has 0 aliphatic rings. The van der Waals surface area contributed by atoms with Crippen molar-refractivity contribution in [3.63, 3.8) is 0 Å². The standard InChI is InChI=1S/C8H14N4O4S/c1-3-9-17(14,15)10-5-8(13)11-7-4-6(2)16-12-7/h4,9-10H,3,5H2,1-2H3,(H,11,12,13). The average molecular weight is 262 g/mol. The summed E-state index contributed by atoms with van der Waals surface area (Å²) in [6.45, 7) is 3.19. The van der Waals surface area contributed by atoms with Crippen LogP contribution in [0.25, 0.3) is 0 Å². The van der Waals surface area contributed by atoms with E-state index in [9.17, 15) is 13.2 Å². The second-order valence-corrected chi connectivity index (χ2v) is 4.78. The van der Waals surface area contributed by atoms with Crippen LogP contribution in [0.2, 0.25) is 0 Å². The van der Waals surface area contributed by atoms with E-state index in [1.165, 1.54) is 6.07 Å². The summed E-state index contributed by atoms with van der Waals surface area (Å²) >= 11 is 0. The number of hydrogen-bond donors (Lipinski definition) is 3. The molecule has 1 amide bonds. The molecule has 8 nitrogen and oxygen atoms in total. The third-order valence-electron chi connectivity index (χ3n) is 1.65. The van der Waals surface area contributed by atoms with Crippen molar-refractivity contribution in [1.29, 1.82) is 0 Å². The summed E-state index contributed by atoms with van der Waals surface area (Å²) in [6.07, 6.45) is 0. The number of nitrogens with one attached hydrogen (secondary N) is 3. The molecule has 17 heavy (non-hydrogen) atoms. The number of nitrogens with zero attached hydrogens (tertiary/aromatic N) is 1. The fourth-order valence-electron chi connectivity index (χ4n) is 1.01. The number of amides is 1. The molecule has 0 aromatic carbocycles. The molecule has 1 aromatic heterocycles. The molecule has 1 heterocycles. The normalized spacial score (nSPS) is 11.4. The second kappa shape index (κ2) is 5.75. The minimum Gasteiger partial charge on any atom is -0.360 e. The Morgan fingerprint density at radius 3 is 2.71 bits per heavy atom. The van der Waals surface area contributed by atoms with Gasteiger partial charge in [-0.3, -0.25) is 4.79 Å². The summed E-state index contributed by atoms with van der Waals surface area (Å²) in [4.78, 5) is 11.3. The van der Waals surface area contributed by atoms with Gasteiger partial charge in [0.2, 0.25) is 5.91 Å². The van der Waals surface area contributed by atoms with Crippen LogP contribution >= 0.6 is 0 Å². The Labute approximate surface area is 98.9 Å². The Hall–Kier alpha value is -1.45. The van der Waals surface area contributed by atoms with Crippen LogP contribution in [0.5, 0.6) is 0 Å². The molecule has 0 aliphatic carbocycles. The van der Waals surface area contributed by atoms with E-state index in [1.54, 1.807) is 13.8 Å². The molecule has 0 spiro atoms. The molecule has 1 aromatic rings. The average Bonchev–Trinajstić information content (AvgIpc) is 2.61. The predicted octanol–water partition coefficient (Wildman–Crippen LogP) is -0.635. The Kier molecular flexibility index (Phi) is 4.61. The van der Waals surface area contributed by atoms with E-state index in [4.69, 9.17) is 4.52 Å². The molecule has 9 heteroatoms. The highest BCUT2D eigenvalue weighted by molar-refractivity contribution is 7.87. The zero-order valence-corrected chi connectivity index (χ0v) is 10.3. The maximum atomic E-state index is 11.3. The van der Waals surface area contributed by atoms with Gasteiger partial charge in [0.25, 0.3) is 10.2 Å². The molecule has 3 N–H and O–H groups in total. The molecule has 1 rings (SSSR count). The van der Waals surface area contributed by atoms with Gasteiger partial charge in [0.15, 0.2) is 5.82 Å². The highest BCUT2D eigenvalue weighted by Gasteiger charge is 2.11. The van der Waals surface area contributed by atoms with Crippen molar-refractivity contribution in [1.82, 2.24) is 14.6 Å². The number of hydrogen-bond acceptors (Lipinski definition) is 5. The van der Waals surface area contributed by atoms with Gasteiger partial charge in [0.05, 0.1) is 6.54 Å². The molecule has 0 saturated carbocycles. The summed E-state index contributed by atoms with van der Waals surface area (Å²) in [5.41, 5.74) is 0. The van der Waals surface area contributed by atoms with Gasteiger partial charge in [-0.05, 0) is 6.92 Å². The fraction of sp³-hybridized carbons (Fsp3) is 0.500. The van der Waals surface area contributed by atoms with Crippen molar-refractivity contribution in [2.45, 2.75) is 13.8 Å². The van der Waals surface area contributed by atoms with Gasteiger partial charge in [-0.15, -0.1) is 0 Å². The Morgan fingerprint density at radius 1 is 1.47 bits per heavy atom. The zero-order valence-electron chi connectivity index (χ0n) is 9.48. The molecule has 0 saturated heterocycles. The van der Waals surface area contributed by atoms with E-state index in [1.807, 2.05) is 0 Å². The van der Waals surface area contributed by atoms with Crippen molar-refractivity contribution >= 4 is 21.9 Å². The van der Waals surface area contributed by atoms with Crippen LogP contribution < -0.4 is 14.8 Å². The van der Waals surface area contributed by atoms with Gasteiger partial charge in [-0.2, -0.15) is 13.1 Å². The third kappa shape index (κ3) is 4.93. The van der Waals surface area contributed by atoms with Crippen LogP contribution in [-0.2, 0) is 15.0 Å². The first-order valence-electron chi connectivity index (χ1n) is 4.90. The van der Waals surface area contributed by atoms with Crippen LogP contribution in [-0.4, -0.2) is 32.6 Å². The maximum absolute atomic E-state index is 11.3. The van der Waals surface area contributed by atoms with Gasteiger partial charge < -0.3 is 9.84 Å². The lowest BCUT2D eigenvalue weighted by atomic mass is 10.5. The molecule has 0 radical (unpaired) electrons. The second-order valence-electron chi connectivity index (χ2n) is 3.19. The third-order valence-corrected chi connectivity index (χ3v) is 2.85. The van der Waals surface area contributed by atoms with Gasteiger partial charge in [-0.25, -0.2) is 4.72 Å². The number of carbonyl (C=O) groups is 1. The molecule has 0 fully saturated rings. The van der Waals surface area contributed by atoms with E-state index in [-0.39, 0.29) is 18.9 Å². The monoisotopic (exact) mass is 262 g/mol. The first-order chi connectivity index (χ1) is 7.93. The molecule has 0 unspecified atom stereocenters. The summed E-state index contributed by atoms with van der Waals surface area (Å²) in [7, 11) is -3.62. The van der Waals surface area contributed by atoms with Crippen molar-refractivity contribution < 1.29 is 17.7 Å². The molecular formula is C8H14N4O4S. The minimum atomic E-state index is -3.62. The Bertz CT molecular complexity index is 481. The smallest absolute Gasteiger partial charge is 0.277 e. The van der Waals surface area contributed by atoms with Gasteiger partial charge in [0, 0.05) is 12.6 Å². The van der Waals surface area contributed by atoms with Gasteiger partial charge >= 0.3 is 0 Å². The predicted molar refractivity (Wildman–Crippen MR) is 60.5 cm³/mol. The largest absolute Gasteiger partial charge is 0.360 e. The van der Waals surface area contributed by atoms with Crippen LogP contribution in [0.4, 0.5) is 5.82 Å². The highest BCUT2D eigenvalue weighted by atomic mass is 32.2. The summed E-state index contributed by atoms with van der Waals surface area (Å²) in [5, 5.41) is 5.92. The first kappa shape index (κ1) is 13.6. The Balaban J connectivity index is 2.41. The number of aryl methyl sites for hydroxylation is 1. The minimum absolute atomic E-state index is 0.246. The van der Waals surface area contributed by atoms with Crippen molar-refractivity contribution in [3.05, 3.63) is 11.8 Å².